The molecule has 0 aliphatic carbocycles. The smallest absolute Gasteiger partial charge is 0.356 e. The summed E-state index contributed by atoms with van der Waals surface area (Å²) >= 11 is 0. The van der Waals surface area contributed by atoms with Crippen molar-refractivity contribution >= 4 is 11.7 Å². The van der Waals surface area contributed by atoms with Gasteiger partial charge in [0.1, 0.15) is 0 Å². The van der Waals surface area contributed by atoms with Gasteiger partial charge in [-0.15, -0.1) is 0 Å². The quantitative estimate of drug-likeness (QED) is 0.678. The normalized spacial score (nSPS) is 10.8. The molecule has 0 aliphatic heterocycles. The molecule has 7 heteroatoms. The zero-order chi connectivity index (χ0) is 11.8. The second-order valence-corrected chi connectivity index (χ2v) is 3.40. The summed E-state index contributed by atoms with van der Waals surface area (Å²) in [5.41, 5.74) is 0.817. The summed E-state index contributed by atoms with van der Waals surface area (Å²) in [6, 6.07) is 3.60. The summed E-state index contributed by atoms with van der Waals surface area (Å²) in [5, 5.41) is 11.8. The number of nitrogens with one attached hydrogen (secondary N) is 1. The van der Waals surface area contributed by atoms with Gasteiger partial charge < -0.3 is 5.11 Å². The van der Waals surface area contributed by atoms with E-state index in [4.69, 9.17) is 5.11 Å². The molecule has 3 rings (SSSR count). The van der Waals surface area contributed by atoms with Crippen LogP contribution in [0.3, 0.4) is 0 Å². The Kier molecular flexibility index (Phi) is 1.91. The van der Waals surface area contributed by atoms with Crippen molar-refractivity contribution in [1.82, 2.24) is 24.6 Å². The van der Waals surface area contributed by atoms with E-state index in [9.17, 15) is 4.79 Å². The predicted molar refractivity (Wildman–Crippen MR) is 57.5 cm³/mol. The Balaban J connectivity index is 2.18. The molecule has 0 atom stereocenters. The van der Waals surface area contributed by atoms with Gasteiger partial charge in [0.25, 0.3) is 5.78 Å². The first-order chi connectivity index (χ1) is 8.25. The van der Waals surface area contributed by atoms with Gasteiger partial charge in [-0.05, 0) is 12.1 Å². The molecule has 0 unspecified atom stereocenters. The molecule has 3 aromatic heterocycles. The van der Waals surface area contributed by atoms with Gasteiger partial charge in [-0.3, -0.25) is 10.1 Å². The number of carboxylic acid groups (broad SMARTS) is 1. The van der Waals surface area contributed by atoms with Crippen LogP contribution in [0.4, 0.5) is 0 Å². The lowest BCUT2D eigenvalue weighted by molar-refractivity contribution is 0.0688. The average Bonchev–Trinajstić information content (AvgIpc) is 2.88. The number of carbonyl (C=O) groups is 1. The molecular weight excluding hydrogens is 222 g/mol. The van der Waals surface area contributed by atoms with Gasteiger partial charge in [-0.1, -0.05) is 0 Å². The first-order valence-corrected chi connectivity index (χ1v) is 4.83. The molecule has 0 bridgehead atoms. The molecule has 7 nitrogen and oxygen atoms in total. The molecular formula is C10H7N5O2. The monoisotopic (exact) mass is 229 g/mol. The average molecular weight is 229 g/mol. The minimum absolute atomic E-state index is 0.0441. The van der Waals surface area contributed by atoms with E-state index < -0.39 is 5.97 Å². The van der Waals surface area contributed by atoms with Crippen molar-refractivity contribution in [2.45, 2.75) is 0 Å². The van der Waals surface area contributed by atoms with Crippen molar-refractivity contribution in [1.29, 1.82) is 0 Å². The van der Waals surface area contributed by atoms with Crippen LogP contribution in [0.5, 0.6) is 0 Å². The zero-order valence-electron chi connectivity index (χ0n) is 8.53. The number of imidazole rings is 1. The second kappa shape index (κ2) is 3.41. The van der Waals surface area contributed by atoms with Crippen LogP contribution in [0.15, 0.2) is 30.7 Å². The van der Waals surface area contributed by atoms with E-state index in [1.54, 1.807) is 18.5 Å². The van der Waals surface area contributed by atoms with Crippen molar-refractivity contribution in [2.75, 3.05) is 0 Å². The third-order valence-electron chi connectivity index (χ3n) is 2.33. The molecule has 0 radical (unpaired) electrons. The number of aromatic carboxylic acids is 1. The van der Waals surface area contributed by atoms with E-state index in [1.807, 2.05) is 6.07 Å². The molecule has 0 aromatic carbocycles. The van der Waals surface area contributed by atoms with Crippen LogP contribution in [0.2, 0.25) is 0 Å². The molecule has 0 aliphatic rings. The van der Waals surface area contributed by atoms with E-state index in [0.29, 0.717) is 11.6 Å². The first kappa shape index (κ1) is 9.52. The zero-order valence-corrected chi connectivity index (χ0v) is 8.53. The van der Waals surface area contributed by atoms with Crippen LogP contribution in [-0.4, -0.2) is 35.6 Å². The number of fused-ring (bicyclic) bond motifs is 1. The molecule has 0 amide bonds. The maximum atomic E-state index is 10.9. The number of nitrogens with zero attached hydrogens (tertiary/aromatic N) is 4. The summed E-state index contributed by atoms with van der Waals surface area (Å²) in [4.78, 5) is 23.0. The molecule has 0 spiro atoms. The van der Waals surface area contributed by atoms with Crippen molar-refractivity contribution in [3.63, 3.8) is 0 Å². The highest BCUT2D eigenvalue weighted by Crippen LogP contribution is 2.14. The number of H-pyrrole nitrogens is 1. The first-order valence-electron chi connectivity index (χ1n) is 4.83. The molecule has 0 saturated carbocycles. The molecule has 3 aromatic rings. The van der Waals surface area contributed by atoms with Crippen LogP contribution in [0, 0.1) is 0 Å². The molecule has 0 fully saturated rings. The van der Waals surface area contributed by atoms with Crippen LogP contribution < -0.4 is 0 Å². The molecule has 0 saturated heterocycles. The lowest BCUT2D eigenvalue weighted by atomic mass is 10.3. The van der Waals surface area contributed by atoms with E-state index in [0.717, 1.165) is 5.56 Å². The van der Waals surface area contributed by atoms with Crippen LogP contribution >= 0.6 is 0 Å². The third kappa shape index (κ3) is 1.44. The topological polar surface area (TPSA) is 96.2 Å². The molecule has 17 heavy (non-hydrogen) atoms. The number of pyridine rings is 1. The Morgan fingerprint density at radius 3 is 3.00 bits per heavy atom. The maximum Gasteiger partial charge on any atom is 0.356 e. The second-order valence-electron chi connectivity index (χ2n) is 3.40. The van der Waals surface area contributed by atoms with Crippen LogP contribution in [0.25, 0.3) is 17.2 Å². The van der Waals surface area contributed by atoms with Gasteiger partial charge in [0.05, 0.1) is 6.20 Å². The van der Waals surface area contributed by atoms with Gasteiger partial charge >= 0.3 is 5.97 Å². The Bertz CT molecular complexity index is 685. The van der Waals surface area contributed by atoms with Crippen molar-refractivity contribution in [3.8, 4) is 11.4 Å². The van der Waals surface area contributed by atoms with Gasteiger partial charge in [-0.25, -0.2) is 14.3 Å². The van der Waals surface area contributed by atoms with Gasteiger partial charge in [0.2, 0.25) is 0 Å². The number of hydrogen-bond donors (Lipinski definition) is 2. The Labute approximate surface area is 94.8 Å². The minimum Gasteiger partial charge on any atom is -0.476 e. The maximum absolute atomic E-state index is 10.9. The number of carboxylic acids is 1. The number of aromatic amines is 1. The summed E-state index contributed by atoms with van der Waals surface area (Å²) in [5.74, 6) is -0.205. The lowest BCUT2D eigenvalue weighted by Crippen LogP contribution is -2.01. The number of aromatic nitrogens is 5. The van der Waals surface area contributed by atoms with E-state index in [2.05, 4.69) is 20.1 Å². The third-order valence-corrected chi connectivity index (χ3v) is 2.33. The van der Waals surface area contributed by atoms with Crippen molar-refractivity contribution in [3.05, 3.63) is 36.4 Å². The summed E-state index contributed by atoms with van der Waals surface area (Å²) in [6.07, 6.45) is 4.55. The Morgan fingerprint density at radius 2 is 2.29 bits per heavy atom. The fourth-order valence-electron chi connectivity index (χ4n) is 1.54. The SMILES string of the molecule is O=C(O)c1cnc2nc(-c3cccnc3)[nH]n12. The predicted octanol–water partition coefficient (Wildman–Crippen LogP) is 0.818. The van der Waals surface area contributed by atoms with Gasteiger partial charge in [0.15, 0.2) is 11.5 Å². The lowest BCUT2D eigenvalue weighted by Gasteiger charge is -1.93. The summed E-state index contributed by atoms with van der Waals surface area (Å²) < 4.78 is 1.32. The highest BCUT2D eigenvalue weighted by molar-refractivity contribution is 5.86. The Morgan fingerprint density at radius 1 is 1.41 bits per heavy atom. The minimum atomic E-state index is -1.06. The van der Waals surface area contributed by atoms with E-state index in [-0.39, 0.29) is 5.69 Å². The van der Waals surface area contributed by atoms with E-state index in [1.165, 1.54) is 10.7 Å². The summed E-state index contributed by atoms with van der Waals surface area (Å²) in [6.45, 7) is 0. The fraction of sp³-hybridized carbons (Fsp3) is 0. The van der Waals surface area contributed by atoms with Gasteiger partial charge in [0, 0.05) is 18.0 Å². The number of rotatable bonds is 2. The van der Waals surface area contributed by atoms with Crippen molar-refractivity contribution < 1.29 is 9.90 Å². The highest BCUT2D eigenvalue weighted by atomic mass is 16.4. The number of hydrogen-bond acceptors (Lipinski definition) is 4. The van der Waals surface area contributed by atoms with Crippen molar-refractivity contribution in [2.24, 2.45) is 0 Å². The van der Waals surface area contributed by atoms with E-state index >= 15 is 0 Å². The molecule has 2 N–H and O–H groups in total. The summed E-state index contributed by atoms with van der Waals surface area (Å²) in [7, 11) is 0. The fourth-order valence-corrected chi connectivity index (χ4v) is 1.54. The molecule has 84 valence electrons. The Hall–Kier alpha value is -2.70. The van der Waals surface area contributed by atoms with Crippen LogP contribution in [-0.2, 0) is 0 Å². The standard InChI is InChI=1S/C10H7N5O2/c16-9(17)7-5-12-10-13-8(14-15(7)10)6-2-1-3-11-4-6/h1-5H,(H,16,17)(H,12,13,14). The largest absolute Gasteiger partial charge is 0.476 e. The highest BCUT2D eigenvalue weighted by Gasteiger charge is 2.14. The van der Waals surface area contributed by atoms with Crippen LogP contribution in [0.1, 0.15) is 10.5 Å². The molecule has 3 heterocycles. The van der Waals surface area contributed by atoms with Gasteiger partial charge in [-0.2, -0.15) is 4.98 Å².